The molecule has 222 valence electrons. The van der Waals surface area contributed by atoms with Gasteiger partial charge in [0.15, 0.2) is 0 Å². The lowest BCUT2D eigenvalue weighted by Gasteiger charge is -2.22. The van der Waals surface area contributed by atoms with Crippen molar-refractivity contribution < 1.29 is 9.53 Å². The van der Waals surface area contributed by atoms with Crippen molar-refractivity contribution in [2.75, 3.05) is 17.4 Å². The number of hydrogen-bond donors (Lipinski definition) is 0. The molecule has 0 aromatic heterocycles. The summed E-state index contributed by atoms with van der Waals surface area (Å²) >= 11 is 8.35. The fourth-order valence-corrected chi connectivity index (χ4v) is 5.85. The molecule has 1 aliphatic rings. The van der Waals surface area contributed by atoms with Crippen molar-refractivity contribution in [1.29, 1.82) is 0 Å². The van der Waals surface area contributed by atoms with Gasteiger partial charge in [-0.15, -0.1) is 28.7 Å². The Hall–Kier alpha value is -1.63. The first-order valence-corrected chi connectivity index (χ1v) is 16.3. The molecule has 0 spiro atoms. The zero-order chi connectivity index (χ0) is 27.7. The van der Waals surface area contributed by atoms with Crippen molar-refractivity contribution >= 4 is 51.9 Å². The van der Waals surface area contributed by atoms with Gasteiger partial charge in [-0.3, -0.25) is 4.79 Å². The highest BCUT2D eigenvalue weighted by Crippen LogP contribution is 2.28. The lowest BCUT2D eigenvalue weighted by Crippen LogP contribution is -2.27. The fourth-order valence-electron chi connectivity index (χ4n) is 4.88. The first kappa shape index (κ1) is 34.6. The van der Waals surface area contributed by atoms with Crippen molar-refractivity contribution in [3.8, 4) is 5.75 Å². The zero-order valence-electron chi connectivity index (χ0n) is 24.4. The number of halogens is 2. The molecule has 0 N–H and O–H groups in total. The number of carbonyl (C=O) groups excluding carboxylic acids is 1. The molecule has 1 amide bonds. The van der Waals surface area contributed by atoms with E-state index in [1.165, 1.54) is 76.2 Å². The van der Waals surface area contributed by atoms with Crippen LogP contribution in [0.5, 0.6) is 5.75 Å². The van der Waals surface area contributed by atoms with Crippen LogP contribution < -0.4 is 9.64 Å². The number of hydrogen-bond acceptors (Lipinski definition) is 4. The summed E-state index contributed by atoms with van der Waals surface area (Å²) in [7, 11) is 0. The quantitative estimate of drug-likeness (QED) is 0.142. The van der Waals surface area contributed by atoms with Crippen LogP contribution in [-0.2, 0) is 17.9 Å². The number of anilines is 1. The number of nitrogens with zero attached hydrogens (tertiary/aromatic N) is 2. The summed E-state index contributed by atoms with van der Waals surface area (Å²) < 4.78 is 5.97. The molecule has 0 unspecified atom stereocenters. The highest BCUT2D eigenvalue weighted by Gasteiger charge is 2.14. The molecule has 0 atom stereocenters. The van der Waals surface area contributed by atoms with Crippen LogP contribution in [0.25, 0.3) is 0 Å². The molecule has 0 aliphatic carbocycles. The van der Waals surface area contributed by atoms with Crippen LogP contribution in [0.1, 0.15) is 102 Å². The summed E-state index contributed by atoms with van der Waals surface area (Å²) in [6.07, 6.45) is 18.1. The summed E-state index contributed by atoms with van der Waals surface area (Å²) in [5.74, 6) is 1.71. The average Bonchev–Trinajstić information content (AvgIpc) is 3.44. The second-order valence-corrected chi connectivity index (χ2v) is 11.9. The van der Waals surface area contributed by atoms with Gasteiger partial charge in [-0.2, -0.15) is 0 Å². The molecular weight excluding hydrogens is 604 g/mol. The second-order valence-electron chi connectivity index (χ2n) is 10.6. The van der Waals surface area contributed by atoms with Gasteiger partial charge < -0.3 is 14.5 Å². The number of thioether (sulfide) groups is 1. The number of amides is 1. The number of carbonyl (C=O) groups is 1. The standard InChI is InChI=1S/C33H47ClN2O2S.BrH/c1-3-4-5-6-7-8-9-10-11-12-13-14-22-38-33-20-17-30(24-32(33)34)26-36(28(2)37)31-18-15-29(16-19-31)25-35-21-23-39-27-35;/h15-21,23-24H,3-14,22,25-27H2,1-2H3;1H. The Morgan fingerprint density at radius 3 is 2.05 bits per heavy atom. The van der Waals surface area contributed by atoms with E-state index in [2.05, 4.69) is 35.6 Å². The summed E-state index contributed by atoms with van der Waals surface area (Å²) in [6, 6.07) is 14.1. The van der Waals surface area contributed by atoms with Crippen LogP contribution >= 0.6 is 40.3 Å². The molecule has 40 heavy (non-hydrogen) atoms. The molecule has 2 aromatic carbocycles. The van der Waals surface area contributed by atoms with Crippen LogP contribution in [-0.4, -0.2) is 23.3 Å². The van der Waals surface area contributed by atoms with Gasteiger partial charge in [0, 0.05) is 25.4 Å². The van der Waals surface area contributed by atoms with E-state index in [-0.39, 0.29) is 22.9 Å². The van der Waals surface area contributed by atoms with Gasteiger partial charge in [0.25, 0.3) is 0 Å². The van der Waals surface area contributed by atoms with Crippen molar-refractivity contribution in [3.63, 3.8) is 0 Å². The maximum Gasteiger partial charge on any atom is 0.224 e. The van der Waals surface area contributed by atoms with E-state index in [0.29, 0.717) is 18.2 Å². The number of ether oxygens (including phenoxy) is 1. The van der Waals surface area contributed by atoms with Gasteiger partial charge in [-0.1, -0.05) is 107 Å². The van der Waals surface area contributed by atoms with E-state index in [1.807, 2.05) is 30.3 Å². The van der Waals surface area contributed by atoms with Gasteiger partial charge in [0.05, 0.1) is 24.1 Å². The van der Waals surface area contributed by atoms with Crippen LogP contribution in [0.4, 0.5) is 5.69 Å². The summed E-state index contributed by atoms with van der Waals surface area (Å²) in [5, 5.41) is 2.72. The minimum absolute atomic E-state index is 0. The lowest BCUT2D eigenvalue weighted by molar-refractivity contribution is -0.116. The molecule has 0 saturated heterocycles. The molecule has 1 heterocycles. The Balaban J connectivity index is 0.00000560. The van der Waals surface area contributed by atoms with Crippen molar-refractivity contribution in [3.05, 3.63) is 70.2 Å². The zero-order valence-corrected chi connectivity index (χ0v) is 27.7. The van der Waals surface area contributed by atoms with Crippen molar-refractivity contribution in [2.24, 2.45) is 0 Å². The van der Waals surface area contributed by atoms with E-state index in [0.717, 1.165) is 35.8 Å². The van der Waals surface area contributed by atoms with E-state index >= 15 is 0 Å². The maximum absolute atomic E-state index is 12.5. The highest BCUT2D eigenvalue weighted by molar-refractivity contribution is 8.93. The summed E-state index contributed by atoms with van der Waals surface area (Å²) in [6.45, 7) is 5.91. The molecule has 0 fully saturated rings. The molecule has 0 saturated carbocycles. The van der Waals surface area contributed by atoms with E-state index < -0.39 is 0 Å². The molecule has 7 heteroatoms. The molecule has 0 radical (unpaired) electrons. The van der Waals surface area contributed by atoms with Gasteiger partial charge in [0.1, 0.15) is 5.75 Å². The molecule has 4 nitrogen and oxygen atoms in total. The average molecular weight is 652 g/mol. The lowest BCUT2D eigenvalue weighted by atomic mass is 10.1. The van der Waals surface area contributed by atoms with Crippen LogP contribution in [0.3, 0.4) is 0 Å². The molecule has 0 bridgehead atoms. The summed E-state index contributed by atoms with van der Waals surface area (Å²) in [4.78, 5) is 16.5. The highest BCUT2D eigenvalue weighted by atomic mass is 79.9. The third kappa shape index (κ3) is 12.9. The Labute approximate surface area is 262 Å². The normalized spacial score (nSPS) is 12.4. The third-order valence-electron chi connectivity index (χ3n) is 7.21. The smallest absolute Gasteiger partial charge is 0.224 e. The van der Waals surface area contributed by atoms with Crippen molar-refractivity contribution in [2.45, 2.75) is 104 Å². The molecule has 3 rings (SSSR count). The molecular formula is C33H48BrClN2O2S. The Kier molecular flexibility index (Phi) is 17.5. The number of rotatable bonds is 19. The Bertz CT molecular complexity index is 1020. The van der Waals surface area contributed by atoms with Gasteiger partial charge >= 0.3 is 0 Å². The monoisotopic (exact) mass is 650 g/mol. The minimum Gasteiger partial charge on any atom is -0.492 e. The maximum atomic E-state index is 12.5. The fraction of sp³-hybridized carbons (Fsp3) is 0.545. The SMILES string of the molecule is Br.CCCCCCCCCCCCCCOc1ccc(CN(C(C)=O)c2ccc(CN3C=CSC3)cc2)cc1Cl. The van der Waals surface area contributed by atoms with Crippen molar-refractivity contribution in [1.82, 2.24) is 4.90 Å². The minimum atomic E-state index is 0. The van der Waals surface area contributed by atoms with Crippen LogP contribution in [0.2, 0.25) is 5.02 Å². The summed E-state index contributed by atoms with van der Waals surface area (Å²) in [5.41, 5.74) is 3.10. The predicted molar refractivity (Wildman–Crippen MR) is 179 cm³/mol. The first-order valence-electron chi connectivity index (χ1n) is 14.9. The van der Waals surface area contributed by atoms with E-state index in [9.17, 15) is 4.79 Å². The Morgan fingerprint density at radius 1 is 0.900 bits per heavy atom. The topological polar surface area (TPSA) is 32.8 Å². The van der Waals surface area contributed by atoms with Gasteiger partial charge in [-0.05, 0) is 47.2 Å². The largest absolute Gasteiger partial charge is 0.492 e. The third-order valence-corrected chi connectivity index (χ3v) is 8.30. The first-order chi connectivity index (χ1) is 19.1. The van der Waals surface area contributed by atoms with Gasteiger partial charge in [-0.25, -0.2) is 0 Å². The van der Waals surface area contributed by atoms with Crippen LogP contribution in [0, 0.1) is 0 Å². The van der Waals surface area contributed by atoms with E-state index in [1.54, 1.807) is 23.6 Å². The Morgan fingerprint density at radius 2 is 1.50 bits per heavy atom. The number of unbranched alkanes of at least 4 members (excludes halogenated alkanes) is 11. The number of benzene rings is 2. The second kappa shape index (κ2) is 20.3. The van der Waals surface area contributed by atoms with Gasteiger partial charge in [0.2, 0.25) is 5.91 Å². The van der Waals surface area contributed by atoms with Crippen LogP contribution in [0.15, 0.2) is 54.1 Å². The molecule has 2 aromatic rings. The molecule has 1 aliphatic heterocycles. The van der Waals surface area contributed by atoms with E-state index in [4.69, 9.17) is 16.3 Å². The predicted octanol–water partition coefficient (Wildman–Crippen LogP) is 10.5.